The van der Waals surface area contributed by atoms with Crippen LogP contribution in [0.5, 0.6) is 5.75 Å². The molecule has 3 aliphatic rings. The number of carbonyl (C=O) groups is 1. The van der Waals surface area contributed by atoms with Crippen LogP contribution in [0.15, 0.2) is 24.3 Å². The number of morpholine rings is 1. The van der Waals surface area contributed by atoms with Crippen molar-refractivity contribution in [3.05, 3.63) is 41.1 Å². The number of fused-ring (bicyclic) bond motifs is 1. The fraction of sp³-hybridized carbons (Fsp3) is 0.565. The number of ether oxygens (including phenoxy) is 2. The van der Waals surface area contributed by atoms with E-state index in [1.165, 1.54) is 24.1 Å². The molecule has 5 rings (SSSR count). The fourth-order valence-electron chi connectivity index (χ4n) is 4.50. The van der Waals surface area contributed by atoms with Crippen molar-refractivity contribution >= 4 is 11.7 Å². The van der Waals surface area contributed by atoms with Crippen molar-refractivity contribution in [2.45, 2.75) is 43.9 Å². The summed E-state index contributed by atoms with van der Waals surface area (Å²) in [5.74, 6) is 2.25. The minimum atomic E-state index is 0.0296. The predicted molar refractivity (Wildman–Crippen MR) is 114 cm³/mol. The van der Waals surface area contributed by atoms with Crippen molar-refractivity contribution in [3.63, 3.8) is 0 Å². The zero-order valence-corrected chi connectivity index (χ0v) is 17.4. The van der Waals surface area contributed by atoms with Crippen LogP contribution in [0.2, 0.25) is 0 Å². The zero-order chi connectivity index (χ0) is 20.3. The van der Waals surface area contributed by atoms with Crippen LogP contribution >= 0.6 is 0 Å². The van der Waals surface area contributed by atoms with Gasteiger partial charge in [-0.2, -0.15) is 5.10 Å². The number of hydrogen-bond acceptors (Lipinski definition) is 5. The third-order valence-electron chi connectivity index (χ3n) is 6.34. The van der Waals surface area contributed by atoms with E-state index in [-0.39, 0.29) is 11.8 Å². The molecule has 160 valence electrons. The molecule has 7 nitrogen and oxygen atoms in total. The number of nitrogens with one attached hydrogen (secondary N) is 2. The molecule has 30 heavy (non-hydrogen) atoms. The van der Waals surface area contributed by atoms with Crippen LogP contribution in [-0.2, 0) is 9.53 Å². The van der Waals surface area contributed by atoms with E-state index >= 15 is 0 Å². The second-order valence-corrected chi connectivity index (χ2v) is 8.56. The molecule has 2 N–H and O–H groups in total. The monoisotopic (exact) mass is 410 g/mol. The van der Waals surface area contributed by atoms with Gasteiger partial charge in [-0.3, -0.25) is 14.8 Å². The number of amides is 1. The molecule has 2 aromatic rings. The number of anilines is 1. The topological polar surface area (TPSA) is 79.5 Å². The third-order valence-corrected chi connectivity index (χ3v) is 6.34. The van der Waals surface area contributed by atoms with Crippen LogP contribution < -0.4 is 10.1 Å². The number of unbranched alkanes of at least 4 members (excludes halogenated alkanes) is 1. The molecule has 2 aliphatic heterocycles. The molecule has 1 amide bonds. The van der Waals surface area contributed by atoms with E-state index in [2.05, 4.69) is 32.5 Å². The Labute approximate surface area is 177 Å². The van der Waals surface area contributed by atoms with Gasteiger partial charge in [-0.15, -0.1) is 0 Å². The summed E-state index contributed by atoms with van der Waals surface area (Å²) in [6.07, 6.45) is 5.06. The molecule has 1 aromatic heterocycles. The number of aromatic nitrogens is 2. The highest BCUT2D eigenvalue weighted by atomic mass is 16.5. The maximum absolute atomic E-state index is 12.2. The molecule has 1 atom stereocenters. The molecule has 2 fully saturated rings. The lowest BCUT2D eigenvalue weighted by molar-refractivity contribution is -0.116. The van der Waals surface area contributed by atoms with Crippen molar-refractivity contribution < 1.29 is 14.3 Å². The largest absolute Gasteiger partial charge is 0.494 e. The third kappa shape index (κ3) is 4.37. The second kappa shape index (κ2) is 8.78. The molecule has 0 radical (unpaired) electrons. The van der Waals surface area contributed by atoms with Gasteiger partial charge in [0.1, 0.15) is 5.75 Å². The van der Waals surface area contributed by atoms with Crippen molar-refractivity contribution in [2.75, 3.05) is 44.8 Å². The molecule has 0 spiro atoms. The van der Waals surface area contributed by atoms with Crippen LogP contribution in [0, 0.1) is 0 Å². The van der Waals surface area contributed by atoms with Crippen molar-refractivity contribution in [1.82, 2.24) is 15.1 Å². The normalized spacial score (nSPS) is 21.9. The molecule has 1 aromatic carbocycles. The van der Waals surface area contributed by atoms with Gasteiger partial charge in [-0.1, -0.05) is 12.1 Å². The lowest BCUT2D eigenvalue weighted by Gasteiger charge is -2.26. The van der Waals surface area contributed by atoms with Gasteiger partial charge in [0.15, 0.2) is 5.82 Å². The van der Waals surface area contributed by atoms with Gasteiger partial charge in [-0.05, 0) is 49.9 Å². The lowest BCUT2D eigenvalue weighted by Crippen LogP contribution is -2.36. The Bertz CT molecular complexity index is 869. The summed E-state index contributed by atoms with van der Waals surface area (Å²) in [7, 11) is 0. The molecular formula is C23H30N4O3. The molecule has 0 bridgehead atoms. The smallest absolute Gasteiger partial charge is 0.226 e. The standard InChI is InChI=1S/C23H30N4O3/c28-20-15-19(21-22(17-3-4-17)25-26-23(21)24-20)16-5-7-18(8-6-16)30-12-2-1-9-27-10-13-29-14-11-27/h5-8,17,19H,1-4,9-15H2,(H2,24,25,26,28). The van der Waals surface area contributed by atoms with Crippen LogP contribution in [-0.4, -0.2) is 60.5 Å². The number of rotatable bonds is 8. The second-order valence-electron chi connectivity index (χ2n) is 8.56. The van der Waals surface area contributed by atoms with Gasteiger partial charge in [0.25, 0.3) is 0 Å². The van der Waals surface area contributed by atoms with E-state index < -0.39 is 0 Å². The maximum atomic E-state index is 12.2. The number of hydrogen-bond donors (Lipinski definition) is 2. The highest BCUT2D eigenvalue weighted by Crippen LogP contribution is 2.47. The highest BCUT2D eigenvalue weighted by Gasteiger charge is 2.37. The Hall–Kier alpha value is -2.38. The summed E-state index contributed by atoms with van der Waals surface area (Å²) in [6.45, 7) is 5.64. The summed E-state index contributed by atoms with van der Waals surface area (Å²) >= 11 is 0. The van der Waals surface area contributed by atoms with Crippen LogP contribution in [0.3, 0.4) is 0 Å². The van der Waals surface area contributed by atoms with Crippen molar-refractivity contribution in [2.24, 2.45) is 0 Å². The van der Waals surface area contributed by atoms with Gasteiger partial charge in [0, 0.05) is 42.6 Å². The Morgan fingerprint density at radius 3 is 2.70 bits per heavy atom. The maximum Gasteiger partial charge on any atom is 0.226 e. The summed E-state index contributed by atoms with van der Waals surface area (Å²) < 4.78 is 11.3. The van der Waals surface area contributed by atoms with Gasteiger partial charge < -0.3 is 14.8 Å². The average molecular weight is 411 g/mol. The Morgan fingerprint density at radius 1 is 1.13 bits per heavy atom. The minimum absolute atomic E-state index is 0.0296. The first-order valence-corrected chi connectivity index (χ1v) is 11.2. The number of H-pyrrole nitrogens is 1. The molecule has 1 saturated carbocycles. The zero-order valence-electron chi connectivity index (χ0n) is 17.4. The Balaban J connectivity index is 1.16. The lowest BCUT2D eigenvalue weighted by atomic mass is 9.85. The molecular weight excluding hydrogens is 380 g/mol. The Morgan fingerprint density at radius 2 is 1.93 bits per heavy atom. The van der Waals surface area contributed by atoms with E-state index in [9.17, 15) is 4.79 Å². The number of carbonyl (C=O) groups excluding carboxylic acids is 1. The molecule has 1 saturated heterocycles. The first kappa shape index (κ1) is 19.6. The van der Waals surface area contributed by atoms with Crippen LogP contribution in [0.25, 0.3) is 0 Å². The number of benzene rings is 1. The van der Waals surface area contributed by atoms with Gasteiger partial charge in [0.2, 0.25) is 5.91 Å². The minimum Gasteiger partial charge on any atom is -0.494 e. The molecule has 1 aliphatic carbocycles. The van der Waals surface area contributed by atoms with E-state index in [0.717, 1.165) is 63.6 Å². The summed E-state index contributed by atoms with van der Waals surface area (Å²) in [6, 6.07) is 8.25. The van der Waals surface area contributed by atoms with Crippen molar-refractivity contribution in [1.29, 1.82) is 0 Å². The average Bonchev–Trinajstić information content (AvgIpc) is 3.53. The van der Waals surface area contributed by atoms with Crippen LogP contribution in [0.1, 0.15) is 60.8 Å². The van der Waals surface area contributed by atoms with Gasteiger partial charge in [-0.25, -0.2) is 0 Å². The van der Waals surface area contributed by atoms with Gasteiger partial charge in [0.05, 0.1) is 19.8 Å². The fourth-order valence-corrected chi connectivity index (χ4v) is 4.50. The summed E-state index contributed by atoms with van der Waals surface area (Å²) in [5, 5.41) is 10.5. The van der Waals surface area contributed by atoms with Crippen molar-refractivity contribution in [3.8, 4) is 5.75 Å². The Kier molecular flexibility index (Phi) is 5.73. The van der Waals surface area contributed by atoms with Gasteiger partial charge >= 0.3 is 0 Å². The van der Waals surface area contributed by atoms with E-state index in [1.54, 1.807) is 0 Å². The quantitative estimate of drug-likeness (QED) is 0.653. The van der Waals surface area contributed by atoms with E-state index in [0.29, 0.717) is 18.2 Å². The number of aromatic amines is 1. The predicted octanol–water partition coefficient (Wildman–Crippen LogP) is 3.25. The summed E-state index contributed by atoms with van der Waals surface area (Å²) in [5.41, 5.74) is 3.53. The molecule has 3 heterocycles. The summed E-state index contributed by atoms with van der Waals surface area (Å²) in [4.78, 5) is 14.6. The van der Waals surface area contributed by atoms with E-state index in [1.807, 2.05) is 12.1 Å². The van der Waals surface area contributed by atoms with E-state index in [4.69, 9.17) is 9.47 Å². The SMILES string of the molecule is O=C1CC(c2ccc(OCCCCN3CCOCC3)cc2)c2c(n[nH]c2C2CC2)N1. The first-order valence-electron chi connectivity index (χ1n) is 11.2. The highest BCUT2D eigenvalue weighted by molar-refractivity contribution is 5.94. The first-order chi connectivity index (χ1) is 14.8. The van der Waals surface area contributed by atoms with Crippen LogP contribution in [0.4, 0.5) is 5.82 Å². The number of nitrogens with zero attached hydrogens (tertiary/aromatic N) is 2. The molecule has 7 heteroatoms. The molecule has 1 unspecified atom stereocenters.